The third-order valence-electron chi connectivity index (χ3n) is 4.44. The predicted molar refractivity (Wildman–Crippen MR) is 103 cm³/mol. The fraction of sp³-hybridized carbons (Fsp3) is 0.0455. The molecule has 0 spiro atoms. The Hall–Kier alpha value is -2.91. The molecular formula is C22H19O2Si-. The number of carboxylic acid groups (broad SMARTS) is 1. The van der Waals surface area contributed by atoms with Gasteiger partial charge in [0.25, 0.3) is 0 Å². The van der Waals surface area contributed by atoms with Gasteiger partial charge in [0.2, 0.25) is 0 Å². The Bertz CT molecular complexity index is 775. The quantitative estimate of drug-likeness (QED) is 0.399. The normalized spacial score (nSPS) is 12.0. The smallest absolute Gasteiger partial charge is 0.172 e. The molecule has 0 heterocycles. The number of hydrogen-bond acceptors (Lipinski definition) is 2. The maximum Gasteiger partial charge on any atom is 0.172 e. The molecule has 0 saturated carbocycles. The largest absolute Gasteiger partial charge is 0.545 e. The van der Waals surface area contributed by atoms with Crippen LogP contribution in [0.1, 0.15) is 6.92 Å². The molecule has 0 bridgehead atoms. The van der Waals surface area contributed by atoms with Gasteiger partial charge in [-0.1, -0.05) is 96.7 Å². The number of benzene rings is 3. The minimum Gasteiger partial charge on any atom is -0.545 e. The molecule has 124 valence electrons. The summed E-state index contributed by atoms with van der Waals surface area (Å²) < 4.78 is 0. The second-order valence-electron chi connectivity index (χ2n) is 6.02. The number of carbonyl (C=O) groups excluding carboxylic acids is 1. The van der Waals surface area contributed by atoms with Crippen molar-refractivity contribution in [1.82, 2.24) is 0 Å². The fourth-order valence-corrected chi connectivity index (χ4v) is 7.66. The first kappa shape index (κ1) is 16.9. The molecule has 3 rings (SSSR count). The van der Waals surface area contributed by atoms with E-state index in [9.17, 15) is 9.90 Å². The molecular weight excluding hydrogens is 324 g/mol. The Balaban J connectivity index is 2.40. The molecule has 0 atom stereocenters. The number of aliphatic carboxylic acids is 1. The topological polar surface area (TPSA) is 40.1 Å². The van der Waals surface area contributed by atoms with E-state index in [2.05, 4.69) is 36.4 Å². The van der Waals surface area contributed by atoms with Crippen LogP contribution in [0.2, 0.25) is 0 Å². The minimum atomic E-state index is -2.63. The summed E-state index contributed by atoms with van der Waals surface area (Å²) in [7, 11) is -2.63. The van der Waals surface area contributed by atoms with E-state index < -0.39 is 14.0 Å². The lowest BCUT2D eigenvalue weighted by molar-refractivity contribution is -0.299. The lowest BCUT2D eigenvalue weighted by Crippen LogP contribution is -2.66. The highest BCUT2D eigenvalue weighted by atomic mass is 28.3. The van der Waals surface area contributed by atoms with Gasteiger partial charge in [0.05, 0.1) is 5.97 Å². The Morgan fingerprint density at radius 3 is 1.32 bits per heavy atom. The van der Waals surface area contributed by atoms with Gasteiger partial charge in [-0.3, -0.25) is 0 Å². The van der Waals surface area contributed by atoms with Crippen molar-refractivity contribution in [2.24, 2.45) is 0 Å². The summed E-state index contributed by atoms with van der Waals surface area (Å²) in [6, 6.07) is 30.5. The predicted octanol–water partition coefficient (Wildman–Crippen LogP) is 1.39. The van der Waals surface area contributed by atoms with Crippen molar-refractivity contribution >= 4 is 29.6 Å². The molecule has 3 aromatic carbocycles. The van der Waals surface area contributed by atoms with E-state index in [0.29, 0.717) is 0 Å². The fourth-order valence-electron chi connectivity index (χ4n) is 3.24. The van der Waals surface area contributed by atoms with Crippen LogP contribution in [0, 0.1) is 0 Å². The van der Waals surface area contributed by atoms with Crippen LogP contribution in [0.15, 0.2) is 102 Å². The molecule has 0 fully saturated rings. The highest BCUT2D eigenvalue weighted by molar-refractivity contribution is 7.15. The molecule has 0 saturated heterocycles. The van der Waals surface area contributed by atoms with Gasteiger partial charge in [0, 0.05) is 0 Å². The summed E-state index contributed by atoms with van der Waals surface area (Å²) in [5, 5.41) is 15.0. The lowest BCUT2D eigenvalue weighted by atomic mass is 10.3. The third-order valence-corrected chi connectivity index (χ3v) is 9.04. The van der Waals surface area contributed by atoms with Crippen molar-refractivity contribution in [3.63, 3.8) is 0 Å². The molecule has 3 heteroatoms. The maximum absolute atomic E-state index is 11.5. The Labute approximate surface area is 149 Å². The molecule has 0 aromatic heterocycles. The minimum absolute atomic E-state index is 0.267. The van der Waals surface area contributed by atoms with Crippen molar-refractivity contribution in [1.29, 1.82) is 0 Å². The summed E-state index contributed by atoms with van der Waals surface area (Å²) in [4.78, 5) is 11.5. The van der Waals surface area contributed by atoms with Crippen molar-refractivity contribution < 1.29 is 9.90 Å². The number of carboxylic acids is 1. The maximum atomic E-state index is 11.5. The van der Waals surface area contributed by atoms with Crippen LogP contribution in [-0.4, -0.2) is 14.0 Å². The SMILES string of the molecule is C/C(=C\[Si](c1ccccc1)(c1ccccc1)c1ccccc1)C(=O)[O-]. The van der Waals surface area contributed by atoms with Gasteiger partial charge in [-0.25, -0.2) is 0 Å². The lowest BCUT2D eigenvalue weighted by Gasteiger charge is -2.31. The average molecular weight is 343 g/mol. The van der Waals surface area contributed by atoms with E-state index >= 15 is 0 Å². The molecule has 0 radical (unpaired) electrons. The summed E-state index contributed by atoms with van der Waals surface area (Å²) in [6.45, 7) is 1.62. The van der Waals surface area contributed by atoms with E-state index in [-0.39, 0.29) is 5.57 Å². The van der Waals surface area contributed by atoms with Gasteiger partial charge in [0.1, 0.15) is 0 Å². The van der Waals surface area contributed by atoms with Gasteiger partial charge in [-0.05, 0) is 28.1 Å². The molecule has 2 nitrogen and oxygen atoms in total. The van der Waals surface area contributed by atoms with Gasteiger partial charge < -0.3 is 9.90 Å². The van der Waals surface area contributed by atoms with Crippen LogP contribution in [-0.2, 0) is 4.79 Å². The number of hydrogen-bond donors (Lipinski definition) is 0. The van der Waals surface area contributed by atoms with Crippen LogP contribution >= 0.6 is 0 Å². The van der Waals surface area contributed by atoms with Crippen LogP contribution < -0.4 is 20.7 Å². The van der Waals surface area contributed by atoms with Gasteiger partial charge in [0.15, 0.2) is 8.07 Å². The zero-order chi connectivity index (χ0) is 17.7. The monoisotopic (exact) mass is 343 g/mol. The molecule has 0 N–H and O–H groups in total. The third kappa shape index (κ3) is 3.32. The summed E-state index contributed by atoms with van der Waals surface area (Å²) in [6.07, 6.45) is 0. The summed E-state index contributed by atoms with van der Waals surface area (Å²) >= 11 is 0. The van der Waals surface area contributed by atoms with Crippen molar-refractivity contribution in [2.75, 3.05) is 0 Å². The van der Waals surface area contributed by atoms with Crippen LogP contribution in [0.5, 0.6) is 0 Å². The molecule has 0 amide bonds. The van der Waals surface area contributed by atoms with E-state index in [1.54, 1.807) is 6.92 Å². The van der Waals surface area contributed by atoms with Crippen molar-refractivity contribution in [3.8, 4) is 0 Å². The average Bonchev–Trinajstić information content (AvgIpc) is 2.68. The Morgan fingerprint density at radius 1 is 0.720 bits per heavy atom. The van der Waals surface area contributed by atoms with E-state index in [1.807, 2.05) is 60.3 Å². The van der Waals surface area contributed by atoms with Gasteiger partial charge in [-0.15, -0.1) is 0 Å². The van der Waals surface area contributed by atoms with E-state index in [0.717, 1.165) is 15.6 Å². The molecule has 0 aliphatic rings. The van der Waals surface area contributed by atoms with Gasteiger partial charge in [-0.2, -0.15) is 0 Å². The number of rotatable bonds is 5. The highest BCUT2D eigenvalue weighted by Crippen LogP contribution is 2.12. The van der Waals surface area contributed by atoms with E-state index in [1.165, 1.54) is 0 Å². The summed E-state index contributed by atoms with van der Waals surface area (Å²) in [5.74, 6) is -1.13. The second-order valence-corrected chi connectivity index (χ2v) is 9.66. The van der Waals surface area contributed by atoms with Crippen molar-refractivity contribution in [2.45, 2.75) is 6.92 Å². The highest BCUT2D eigenvalue weighted by Gasteiger charge is 2.37. The first-order chi connectivity index (χ1) is 12.1. The summed E-state index contributed by atoms with van der Waals surface area (Å²) in [5.41, 5.74) is 2.20. The zero-order valence-electron chi connectivity index (χ0n) is 14.1. The number of carbonyl (C=O) groups is 1. The molecule has 0 aliphatic carbocycles. The molecule has 25 heavy (non-hydrogen) atoms. The Morgan fingerprint density at radius 2 is 1.04 bits per heavy atom. The Kier molecular flexibility index (Phi) is 4.96. The standard InChI is InChI=1S/C22H20O2Si/c1-18(22(23)24)17-25(19-11-5-2-6-12-19,20-13-7-3-8-14-20)21-15-9-4-10-16-21/h2-17H,1H3,(H,23,24)/p-1/b18-17+. The second kappa shape index (κ2) is 7.32. The first-order valence-electron chi connectivity index (χ1n) is 8.22. The van der Waals surface area contributed by atoms with Crippen LogP contribution in [0.4, 0.5) is 0 Å². The van der Waals surface area contributed by atoms with Crippen LogP contribution in [0.3, 0.4) is 0 Å². The van der Waals surface area contributed by atoms with Crippen LogP contribution in [0.25, 0.3) is 0 Å². The molecule has 3 aromatic rings. The van der Waals surface area contributed by atoms with Crippen molar-refractivity contribution in [3.05, 3.63) is 102 Å². The molecule has 0 unspecified atom stereocenters. The van der Waals surface area contributed by atoms with Gasteiger partial charge >= 0.3 is 0 Å². The first-order valence-corrected chi connectivity index (χ1v) is 10.3. The van der Waals surface area contributed by atoms with E-state index in [4.69, 9.17) is 0 Å². The molecule has 0 aliphatic heterocycles. The zero-order valence-corrected chi connectivity index (χ0v) is 15.1.